The topological polar surface area (TPSA) is 46.0 Å². The minimum Gasteiger partial charge on any atom is -0.387 e. The van der Waals surface area contributed by atoms with E-state index in [0.717, 1.165) is 36.3 Å². The van der Waals surface area contributed by atoms with E-state index in [-0.39, 0.29) is 6.10 Å². The maximum atomic E-state index is 10.1. The molecule has 1 unspecified atom stereocenters. The molecule has 1 atom stereocenters. The summed E-state index contributed by atoms with van der Waals surface area (Å²) in [7, 11) is 0. The summed E-state index contributed by atoms with van der Waals surface area (Å²) in [6.07, 6.45) is 10.1. The molecule has 1 aromatic rings. The molecule has 1 heterocycles. The Morgan fingerprint density at radius 1 is 1.06 bits per heavy atom. The molecule has 0 aromatic carbocycles. The molecule has 0 aliphatic rings. The number of unbranched alkanes of at least 4 members (excludes halogenated alkanes) is 5. The second-order valence-corrected chi connectivity index (χ2v) is 5.69. The molecule has 1 aromatic heterocycles. The van der Waals surface area contributed by atoms with Crippen LogP contribution in [0.1, 0.15) is 81.9 Å². The van der Waals surface area contributed by atoms with E-state index in [1.54, 1.807) is 0 Å². The van der Waals surface area contributed by atoms with E-state index >= 15 is 0 Å². The van der Waals surface area contributed by atoms with Gasteiger partial charge in [0.05, 0.1) is 16.7 Å². The Labute approximate surface area is 115 Å². The first-order valence-electron chi connectivity index (χ1n) is 7.28. The summed E-state index contributed by atoms with van der Waals surface area (Å²) >= 11 is 1.36. The van der Waals surface area contributed by atoms with Gasteiger partial charge < -0.3 is 5.11 Å². The zero-order valence-corrected chi connectivity index (χ0v) is 12.5. The van der Waals surface area contributed by atoms with Crippen LogP contribution in [-0.4, -0.2) is 14.7 Å². The summed E-state index contributed by atoms with van der Waals surface area (Å²) in [5.74, 6) is 0. The molecule has 0 amide bonds. The van der Waals surface area contributed by atoms with Crippen LogP contribution in [0.25, 0.3) is 0 Å². The van der Waals surface area contributed by atoms with Crippen LogP contribution < -0.4 is 0 Å². The van der Waals surface area contributed by atoms with Crippen LogP contribution in [0.2, 0.25) is 0 Å². The Bertz CT molecular complexity index is 314. The van der Waals surface area contributed by atoms with Crippen LogP contribution in [0.5, 0.6) is 0 Å². The molecule has 0 saturated carbocycles. The van der Waals surface area contributed by atoms with Crippen molar-refractivity contribution in [3.05, 3.63) is 10.6 Å². The van der Waals surface area contributed by atoms with Crippen LogP contribution in [0, 0.1) is 0 Å². The van der Waals surface area contributed by atoms with Gasteiger partial charge in [0.2, 0.25) is 0 Å². The third-order valence-electron chi connectivity index (χ3n) is 3.21. The predicted molar refractivity (Wildman–Crippen MR) is 76.9 cm³/mol. The Morgan fingerprint density at radius 3 is 2.50 bits per heavy atom. The highest BCUT2D eigenvalue weighted by molar-refractivity contribution is 7.05. The van der Waals surface area contributed by atoms with Gasteiger partial charge in [-0.05, 0) is 24.4 Å². The Kier molecular flexibility index (Phi) is 8.18. The lowest BCUT2D eigenvalue weighted by molar-refractivity contribution is 0.165. The lowest BCUT2D eigenvalue weighted by atomic mass is 10.0. The van der Waals surface area contributed by atoms with Crippen molar-refractivity contribution in [3.8, 4) is 0 Å². The van der Waals surface area contributed by atoms with Gasteiger partial charge in [-0.2, -0.15) is 0 Å². The van der Waals surface area contributed by atoms with Crippen LogP contribution in [0.15, 0.2) is 0 Å². The molecule has 0 saturated heterocycles. The average Bonchev–Trinajstić information content (AvgIpc) is 2.82. The summed E-state index contributed by atoms with van der Waals surface area (Å²) in [5.41, 5.74) is 1.00. The van der Waals surface area contributed by atoms with Crippen molar-refractivity contribution in [2.24, 2.45) is 0 Å². The molecule has 0 aliphatic heterocycles. The van der Waals surface area contributed by atoms with E-state index < -0.39 is 0 Å². The minimum atomic E-state index is -0.349. The quantitative estimate of drug-likeness (QED) is 0.646. The maximum absolute atomic E-state index is 10.1. The van der Waals surface area contributed by atoms with E-state index in [0.29, 0.717) is 0 Å². The smallest absolute Gasteiger partial charge is 0.0917 e. The summed E-state index contributed by atoms with van der Waals surface area (Å²) in [4.78, 5) is 0.991. The van der Waals surface area contributed by atoms with Gasteiger partial charge in [0.15, 0.2) is 0 Å². The van der Waals surface area contributed by atoms with Crippen LogP contribution in [-0.2, 0) is 6.42 Å². The molecule has 0 spiro atoms. The van der Waals surface area contributed by atoms with Crippen molar-refractivity contribution in [1.29, 1.82) is 0 Å². The number of hydrogen-bond acceptors (Lipinski definition) is 4. The number of aliphatic hydroxyl groups is 1. The molecule has 0 fully saturated rings. The second kappa shape index (κ2) is 9.45. The zero-order chi connectivity index (χ0) is 13.2. The molecule has 1 N–H and O–H groups in total. The molecule has 0 bridgehead atoms. The number of nitrogens with zero attached hydrogens (tertiary/aromatic N) is 2. The molecule has 4 heteroatoms. The summed E-state index contributed by atoms with van der Waals surface area (Å²) in [6, 6.07) is 0. The minimum absolute atomic E-state index is 0.349. The molecule has 18 heavy (non-hydrogen) atoms. The summed E-state index contributed by atoms with van der Waals surface area (Å²) < 4.78 is 3.96. The zero-order valence-electron chi connectivity index (χ0n) is 11.7. The van der Waals surface area contributed by atoms with Crippen LogP contribution in [0.4, 0.5) is 0 Å². The maximum Gasteiger partial charge on any atom is 0.0917 e. The Balaban J connectivity index is 2.23. The second-order valence-electron chi connectivity index (χ2n) is 4.91. The molecule has 0 radical (unpaired) electrons. The number of rotatable bonds is 10. The fourth-order valence-electron chi connectivity index (χ4n) is 2.13. The molecular weight excluding hydrogens is 244 g/mol. The molecule has 104 valence electrons. The van der Waals surface area contributed by atoms with E-state index in [2.05, 4.69) is 23.4 Å². The van der Waals surface area contributed by atoms with Crippen LogP contribution in [0.3, 0.4) is 0 Å². The monoisotopic (exact) mass is 270 g/mol. The highest BCUT2D eigenvalue weighted by Crippen LogP contribution is 2.26. The van der Waals surface area contributed by atoms with Crippen molar-refractivity contribution in [2.45, 2.75) is 77.7 Å². The normalized spacial score (nSPS) is 12.8. The average molecular weight is 270 g/mol. The van der Waals surface area contributed by atoms with Gasteiger partial charge in [-0.15, -0.1) is 5.10 Å². The van der Waals surface area contributed by atoms with Gasteiger partial charge in [0.25, 0.3) is 0 Å². The van der Waals surface area contributed by atoms with Gasteiger partial charge in [0, 0.05) is 0 Å². The highest BCUT2D eigenvalue weighted by Gasteiger charge is 2.15. The van der Waals surface area contributed by atoms with Crippen molar-refractivity contribution in [3.63, 3.8) is 0 Å². The highest BCUT2D eigenvalue weighted by atomic mass is 32.1. The fourth-order valence-corrected chi connectivity index (χ4v) is 2.84. The Hall–Kier alpha value is -0.480. The van der Waals surface area contributed by atoms with Crippen LogP contribution >= 0.6 is 11.5 Å². The first-order valence-corrected chi connectivity index (χ1v) is 8.06. The Morgan fingerprint density at radius 2 is 1.78 bits per heavy atom. The standard InChI is InChI=1S/C14H26N2OS/c1-3-5-6-7-8-9-11-13(17)14-12(10-4-2)15-16-18-14/h13,17H,3-11H2,1-2H3. The largest absolute Gasteiger partial charge is 0.387 e. The van der Waals surface area contributed by atoms with Crippen molar-refractivity contribution >= 4 is 11.5 Å². The summed E-state index contributed by atoms with van der Waals surface area (Å²) in [6.45, 7) is 4.36. The van der Waals surface area contributed by atoms with E-state index in [1.165, 1.54) is 43.6 Å². The fraction of sp³-hybridized carbons (Fsp3) is 0.857. The van der Waals surface area contributed by atoms with Crippen molar-refractivity contribution in [2.75, 3.05) is 0 Å². The molecule has 1 rings (SSSR count). The van der Waals surface area contributed by atoms with Gasteiger partial charge in [-0.3, -0.25) is 0 Å². The van der Waals surface area contributed by atoms with Gasteiger partial charge in [0.1, 0.15) is 0 Å². The third-order valence-corrected chi connectivity index (χ3v) is 4.07. The predicted octanol–water partition coefficient (Wildman–Crippen LogP) is 4.27. The first-order chi connectivity index (χ1) is 8.79. The molecular formula is C14H26N2OS. The number of aliphatic hydroxyl groups excluding tert-OH is 1. The van der Waals surface area contributed by atoms with Gasteiger partial charge >= 0.3 is 0 Å². The number of aromatic nitrogens is 2. The van der Waals surface area contributed by atoms with Gasteiger partial charge in [-0.1, -0.05) is 63.3 Å². The number of hydrogen-bond donors (Lipinski definition) is 1. The van der Waals surface area contributed by atoms with Crippen molar-refractivity contribution in [1.82, 2.24) is 9.59 Å². The lowest BCUT2D eigenvalue weighted by Gasteiger charge is -2.09. The third kappa shape index (κ3) is 5.44. The first kappa shape index (κ1) is 15.6. The van der Waals surface area contributed by atoms with E-state index in [1.807, 2.05) is 0 Å². The lowest BCUT2D eigenvalue weighted by Crippen LogP contribution is -1.99. The number of aryl methyl sites for hydroxylation is 1. The SMILES string of the molecule is CCCCCCCCC(O)c1snnc1CCC. The summed E-state index contributed by atoms with van der Waals surface area (Å²) in [5, 5.41) is 14.3. The van der Waals surface area contributed by atoms with E-state index in [4.69, 9.17) is 0 Å². The van der Waals surface area contributed by atoms with E-state index in [9.17, 15) is 5.11 Å². The van der Waals surface area contributed by atoms with Gasteiger partial charge in [-0.25, -0.2) is 0 Å². The molecule has 3 nitrogen and oxygen atoms in total. The molecule has 0 aliphatic carbocycles. The van der Waals surface area contributed by atoms with Crippen molar-refractivity contribution < 1.29 is 5.11 Å².